The zero-order valence-corrected chi connectivity index (χ0v) is 11.5. The third kappa shape index (κ3) is 4.08. The lowest BCUT2D eigenvalue weighted by Crippen LogP contribution is -2.27. The van der Waals surface area contributed by atoms with Crippen LogP contribution in [0.2, 0.25) is 5.02 Å². The SMILES string of the molecule is Oc1ccc(Cl)cc1NC(=S)NCc1cccnc1. The Hall–Kier alpha value is -1.85. The van der Waals surface area contributed by atoms with Crippen LogP contribution in [-0.4, -0.2) is 15.2 Å². The molecule has 2 aromatic rings. The maximum Gasteiger partial charge on any atom is 0.171 e. The van der Waals surface area contributed by atoms with Gasteiger partial charge in [-0.05, 0) is 42.0 Å². The van der Waals surface area contributed by atoms with Crippen molar-refractivity contribution < 1.29 is 5.11 Å². The fourth-order valence-electron chi connectivity index (χ4n) is 1.46. The van der Waals surface area contributed by atoms with E-state index in [-0.39, 0.29) is 5.75 Å². The van der Waals surface area contributed by atoms with Crippen molar-refractivity contribution in [1.82, 2.24) is 10.3 Å². The molecular weight excluding hydrogens is 282 g/mol. The molecule has 0 atom stereocenters. The molecule has 1 aromatic carbocycles. The minimum atomic E-state index is 0.0925. The van der Waals surface area contributed by atoms with Gasteiger partial charge in [-0.1, -0.05) is 17.7 Å². The lowest BCUT2D eigenvalue weighted by Gasteiger charge is -2.11. The van der Waals surface area contributed by atoms with Gasteiger partial charge in [-0.25, -0.2) is 0 Å². The first-order valence-electron chi connectivity index (χ1n) is 5.57. The van der Waals surface area contributed by atoms with Crippen LogP contribution >= 0.6 is 23.8 Å². The zero-order valence-electron chi connectivity index (χ0n) is 9.93. The third-order valence-electron chi connectivity index (χ3n) is 2.38. The number of aromatic hydroxyl groups is 1. The highest BCUT2D eigenvalue weighted by atomic mass is 35.5. The summed E-state index contributed by atoms with van der Waals surface area (Å²) in [4.78, 5) is 4.01. The van der Waals surface area contributed by atoms with E-state index >= 15 is 0 Å². The lowest BCUT2D eigenvalue weighted by molar-refractivity contribution is 0.478. The first kappa shape index (κ1) is 13.6. The lowest BCUT2D eigenvalue weighted by atomic mass is 10.3. The average molecular weight is 294 g/mol. The number of nitrogens with zero attached hydrogens (tertiary/aromatic N) is 1. The van der Waals surface area contributed by atoms with Gasteiger partial charge in [-0.15, -0.1) is 0 Å². The Bertz CT molecular complexity index is 577. The molecule has 0 amide bonds. The molecule has 4 nitrogen and oxygen atoms in total. The Morgan fingerprint density at radius 3 is 2.95 bits per heavy atom. The van der Waals surface area contributed by atoms with Crippen molar-refractivity contribution in [2.75, 3.05) is 5.32 Å². The van der Waals surface area contributed by atoms with Crippen LogP contribution in [0.25, 0.3) is 0 Å². The molecule has 6 heteroatoms. The molecule has 1 heterocycles. The van der Waals surface area contributed by atoms with E-state index in [9.17, 15) is 5.11 Å². The van der Waals surface area contributed by atoms with Gasteiger partial charge in [0.2, 0.25) is 0 Å². The summed E-state index contributed by atoms with van der Waals surface area (Å²) in [6, 6.07) is 8.52. The maximum absolute atomic E-state index is 9.65. The molecule has 3 N–H and O–H groups in total. The second-order valence-electron chi connectivity index (χ2n) is 3.83. The number of aromatic nitrogens is 1. The van der Waals surface area contributed by atoms with E-state index in [1.165, 1.54) is 6.07 Å². The Morgan fingerprint density at radius 2 is 2.21 bits per heavy atom. The van der Waals surface area contributed by atoms with Crippen molar-refractivity contribution >= 4 is 34.6 Å². The van der Waals surface area contributed by atoms with Gasteiger partial charge in [0.15, 0.2) is 5.11 Å². The molecule has 0 aliphatic heterocycles. The highest BCUT2D eigenvalue weighted by Crippen LogP contribution is 2.26. The molecule has 0 bridgehead atoms. The van der Waals surface area contributed by atoms with Crippen LogP contribution < -0.4 is 10.6 Å². The molecule has 0 fully saturated rings. The molecule has 0 saturated heterocycles. The molecule has 2 rings (SSSR count). The predicted molar refractivity (Wildman–Crippen MR) is 80.4 cm³/mol. The van der Waals surface area contributed by atoms with Crippen LogP contribution in [0.4, 0.5) is 5.69 Å². The van der Waals surface area contributed by atoms with Gasteiger partial charge in [0.1, 0.15) is 5.75 Å². The smallest absolute Gasteiger partial charge is 0.171 e. The minimum Gasteiger partial charge on any atom is -0.506 e. The van der Waals surface area contributed by atoms with Gasteiger partial charge in [0, 0.05) is 24.0 Å². The number of hydrogen-bond donors (Lipinski definition) is 3. The van der Waals surface area contributed by atoms with Crippen molar-refractivity contribution in [2.45, 2.75) is 6.54 Å². The molecule has 0 radical (unpaired) electrons. The van der Waals surface area contributed by atoms with Crippen molar-refractivity contribution in [2.24, 2.45) is 0 Å². The molecule has 0 unspecified atom stereocenters. The second-order valence-corrected chi connectivity index (χ2v) is 4.68. The monoisotopic (exact) mass is 293 g/mol. The van der Waals surface area contributed by atoms with Crippen molar-refractivity contribution in [1.29, 1.82) is 0 Å². The summed E-state index contributed by atoms with van der Waals surface area (Å²) in [6.45, 7) is 0.557. The number of pyridine rings is 1. The van der Waals surface area contributed by atoms with Gasteiger partial charge in [-0.2, -0.15) is 0 Å². The Labute approximate surface area is 121 Å². The second kappa shape index (κ2) is 6.36. The number of rotatable bonds is 3. The number of nitrogens with one attached hydrogen (secondary N) is 2. The third-order valence-corrected chi connectivity index (χ3v) is 2.86. The van der Waals surface area contributed by atoms with Crippen LogP contribution in [0.15, 0.2) is 42.7 Å². The average Bonchev–Trinajstić information content (AvgIpc) is 2.42. The van der Waals surface area contributed by atoms with E-state index in [4.69, 9.17) is 23.8 Å². The fourth-order valence-corrected chi connectivity index (χ4v) is 1.81. The normalized spacial score (nSPS) is 9.95. The fraction of sp³-hybridized carbons (Fsp3) is 0.0769. The van der Waals surface area contributed by atoms with E-state index in [1.807, 2.05) is 12.1 Å². The molecule has 98 valence electrons. The number of phenolic OH excluding ortho intramolecular Hbond substituents is 1. The van der Waals surface area contributed by atoms with Crippen LogP contribution in [0, 0.1) is 0 Å². The number of benzene rings is 1. The summed E-state index contributed by atoms with van der Waals surface area (Å²) in [5.41, 5.74) is 1.48. The molecule has 0 aliphatic carbocycles. The van der Waals surface area contributed by atoms with Crippen LogP contribution in [0.3, 0.4) is 0 Å². The molecule has 0 spiro atoms. The topological polar surface area (TPSA) is 57.2 Å². The van der Waals surface area contributed by atoms with E-state index < -0.39 is 0 Å². The first-order chi connectivity index (χ1) is 9.15. The van der Waals surface area contributed by atoms with Gasteiger partial charge < -0.3 is 15.7 Å². The Kier molecular flexibility index (Phi) is 4.54. The molecule has 19 heavy (non-hydrogen) atoms. The highest BCUT2D eigenvalue weighted by molar-refractivity contribution is 7.80. The maximum atomic E-state index is 9.65. The van der Waals surface area contributed by atoms with E-state index in [0.717, 1.165) is 5.56 Å². The first-order valence-corrected chi connectivity index (χ1v) is 6.36. The van der Waals surface area contributed by atoms with Crippen molar-refractivity contribution in [3.05, 3.63) is 53.3 Å². The van der Waals surface area contributed by atoms with Crippen molar-refractivity contribution in [3.63, 3.8) is 0 Å². The molecule has 1 aromatic heterocycles. The summed E-state index contributed by atoms with van der Waals surface area (Å²) in [7, 11) is 0. The zero-order chi connectivity index (χ0) is 13.7. The van der Waals surface area contributed by atoms with Gasteiger partial charge in [-0.3, -0.25) is 4.98 Å². The quantitative estimate of drug-likeness (QED) is 0.600. The number of thiocarbonyl (C=S) groups is 1. The van der Waals surface area contributed by atoms with Crippen LogP contribution in [-0.2, 0) is 6.54 Å². The standard InChI is InChI=1S/C13H12ClN3OS/c14-10-3-4-12(18)11(6-10)17-13(19)16-8-9-2-1-5-15-7-9/h1-7,18H,8H2,(H2,16,17,19). The van der Waals surface area contributed by atoms with Crippen LogP contribution in [0.1, 0.15) is 5.56 Å². The summed E-state index contributed by atoms with van der Waals surface area (Å²) in [5.74, 6) is 0.0925. The van der Waals surface area contributed by atoms with E-state index in [1.54, 1.807) is 24.5 Å². The van der Waals surface area contributed by atoms with Crippen LogP contribution in [0.5, 0.6) is 5.75 Å². The number of anilines is 1. The van der Waals surface area contributed by atoms with E-state index in [2.05, 4.69) is 15.6 Å². The number of phenols is 1. The largest absolute Gasteiger partial charge is 0.506 e. The van der Waals surface area contributed by atoms with Gasteiger partial charge in [0.25, 0.3) is 0 Å². The highest BCUT2D eigenvalue weighted by Gasteiger charge is 2.04. The van der Waals surface area contributed by atoms with Gasteiger partial charge in [0.05, 0.1) is 5.69 Å². The summed E-state index contributed by atoms with van der Waals surface area (Å²) < 4.78 is 0. The Morgan fingerprint density at radius 1 is 1.37 bits per heavy atom. The number of halogens is 1. The predicted octanol–water partition coefficient (Wildman–Crippen LogP) is 2.93. The Balaban J connectivity index is 1.93. The summed E-state index contributed by atoms with van der Waals surface area (Å²) >= 11 is 11.0. The van der Waals surface area contributed by atoms with Gasteiger partial charge >= 0.3 is 0 Å². The molecule has 0 saturated carbocycles. The molecule has 0 aliphatic rings. The van der Waals surface area contributed by atoms with E-state index in [0.29, 0.717) is 22.4 Å². The summed E-state index contributed by atoms with van der Waals surface area (Å²) in [5, 5.41) is 16.5. The molecular formula is C13H12ClN3OS. The summed E-state index contributed by atoms with van der Waals surface area (Å²) in [6.07, 6.45) is 3.47. The van der Waals surface area contributed by atoms with Crippen molar-refractivity contribution in [3.8, 4) is 5.75 Å². The minimum absolute atomic E-state index is 0.0925. The number of hydrogen-bond acceptors (Lipinski definition) is 3.